The van der Waals surface area contributed by atoms with Gasteiger partial charge in [-0.25, -0.2) is 9.78 Å². The molecule has 4 rings (SSSR count). The van der Waals surface area contributed by atoms with E-state index in [-0.39, 0.29) is 24.0 Å². The maximum atomic E-state index is 13.5. The number of aryl methyl sites for hydroxylation is 1. The first kappa shape index (κ1) is 22.4. The number of nitrogens with zero attached hydrogens (tertiary/aromatic N) is 6. The van der Waals surface area contributed by atoms with Gasteiger partial charge >= 0.3 is 6.03 Å². The molecule has 2 aliphatic heterocycles. The van der Waals surface area contributed by atoms with Crippen molar-refractivity contribution in [3.8, 4) is 11.3 Å². The van der Waals surface area contributed by atoms with Crippen molar-refractivity contribution in [3.63, 3.8) is 0 Å². The van der Waals surface area contributed by atoms with Crippen LogP contribution in [0.5, 0.6) is 0 Å². The molecule has 9 heteroatoms. The van der Waals surface area contributed by atoms with Crippen LogP contribution in [0.2, 0.25) is 0 Å². The average molecular weight is 448 g/mol. The Morgan fingerprint density at radius 2 is 2.18 bits per heavy atom. The first-order valence-electron chi connectivity index (χ1n) is 11.0. The van der Waals surface area contributed by atoms with E-state index >= 15 is 0 Å². The molecule has 0 spiro atoms. The molecule has 33 heavy (non-hydrogen) atoms. The number of nitrogens with one attached hydrogen (secondary N) is 1. The average Bonchev–Trinajstić information content (AvgIpc) is 3.17. The highest BCUT2D eigenvalue weighted by molar-refractivity contribution is 5.98. The Labute approximate surface area is 193 Å². The Kier molecular flexibility index (Phi) is 6.39. The molecule has 1 N–H and O–H groups in total. The minimum absolute atomic E-state index is 0.0226. The fourth-order valence-corrected chi connectivity index (χ4v) is 4.22. The third kappa shape index (κ3) is 4.87. The van der Waals surface area contributed by atoms with Gasteiger partial charge in [0, 0.05) is 37.5 Å². The zero-order valence-corrected chi connectivity index (χ0v) is 19.4. The molecule has 0 unspecified atom stereocenters. The zero-order valence-electron chi connectivity index (χ0n) is 19.4. The molecule has 2 aliphatic rings. The van der Waals surface area contributed by atoms with Gasteiger partial charge in [0.25, 0.3) is 0 Å². The van der Waals surface area contributed by atoms with Crippen LogP contribution in [-0.4, -0.2) is 53.8 Å². The van der Waals surface area contributed by atoms with Crippen LogP contribution in [0.3, 0.4) is 0 Å². The highest BCUT2D eigenvalue weighted by atomic mass is 16.5. The maximum absolute atomic E-state index is 13.5. The predicted molar refractivity (Wildman–Crippen MR) is 131 cm³/mol. The standard InChI is InChI=1S/C24H29N7O2/c1-15(2)33-17(4)27-22(13-25-5)29-24(32)31-19-9-11-30(14-19)21-7-6-20(28-23(21)31)18-8-10-26-16(3)12-18/h6-8,10,12-13,15,19H,5,9,11,14H2,1-4H3,(H,29,32)/b22-13+,27-17+/t19-/m0/s1. The lowest BCUT2D eigenvalue weighted by atomic mass is 10.1. The van der Waals surface area contributed by atoms with E-state index in [1.807, 2.05) is 45.0 Å². The minimum atomic E-state index is -0.311. The van der Waals surface area contributed by atoms with Crippen LogP contribution in [-0.2, 0) is 4.74 Å². The van der Waals surface area contributed by atoms with E-state index in [0.29, 0.717) is 11.7 Å². The molecule has 1 atom stereocenters. The predicted octanol–water partition coefficient (Wildman–Crippen LogP) is 3.90. The molecule has 0 radical (unpaired) electrons. The van der Waals surface area contributed by atoms with Gasteiger partial charge in [0.1, 0.15) is 0 Å². The number of anilines is 2. The van der Waals surface area contributed by atoms with Gasteiger partial charge in [-0.1, -0.05) is 0 Å². The number of aromatic nitrogens is 2. The number of aliphatic imine (C=N–C) groups is 2. The maximum Gasteiger partial charge on any atom is 0.329 e. The van der Waals surface area contributed by atoms with E-state index < -0.39 is 0 Å². The SMILES string of the molecule is C=N/C=C(\N=C(/C)OC(C)C)NC(=O)N1c2nc(-c3ccnc(C)c3)ccc2N2CC[C@H]1C2. The van der Waals surface area contributed by atoms with E-state index in [9.17, 15) is 4.79 Å². The lowest BCUT2D eigenvalue weighted by Crippen LogP contribution is -2.50. The molecular formula is C24H29N7O2. The van der Waals surface area contributed by atoms with Crippen LogP contribution < -0.4 is 15.1 Å². The highest BCUT2D eigenvalue weighted by Gasteiger charge is 2.40. The topological polar surface area (TPSA) is 95.3 Å². The number of pyridine rings is 2. The molecule has 2 bridgehead atoms. The van der Waals surface area contributed by atoms with Crippen LogP contribution in [0.4, 0.5) is 16.3 Å². The molecule has 2 aromatic rings. The summed E-state index contributed by atoms with van der Waals surface area (Å²) in [6.07, 6.45) is 4.01. The summed E-state index contributed by atoms with van der Waals surface area (Å²) < 4.78 is 5.59. The lowest BCUT2D eigenvalue weighted by molar-refractivity contribution is 0.226. The van der Waals surface area contributed by atoms with Gasteiger partial charge in [0.15, 0.2) is 17.5 Å². The Balaban J connectivity index is 1.67. The number of carbonyl (C=O) groups excluding carboxylic acids is 1. The Morgan fingerprint density at radius 3 is 2.91 bits per heavy atom. The number of hydrogen-bond acceptors (Lipinski definition) is 7. The van der Waals surface area contributed by atoms with Crippen molar-refractivity contribution in [1.82, 2.24) is 15.3 Å². The molecule has 4 heterocycles. The van der Waals surface area contributed by atoms with Crippen molar-refractivity contribution >= 4 is 30.2 Å². The monoisotopic (exact) mass is 447 g/mol. The second-order valence-electron chi connectivity index (χ2n) is 8.41. The molecule has 1 saturated heterocycles. The first-order chi connectivity index (χ1) is 15.9. The number of urea groups is 1. The van der Waals surface area contributed by atoms with Gasteiger partial charge in [-0.2, -0.15) is 4.99 Å². The van der Waals surface area contributed by atoms with Crippen molar-refractivity contribution < 1.29 is 9.53 Å². The number of ether oxygens (including phenoxy) is 1. The summed E-state index contributed by atoms with van der Waals surface area (Å²) in [5, 5.41) is 2.86. The third-order valence-electron chi connectivity index (χ3n) is 5.50. The van der Waals surface area contributed by atoms with Gasteiger partial charge in [-0.15, -0.1) is 0 Å². The van der Waals surface area contributed by atoms with Crippen molar-refractivity contribution in [3.05, 3.63) is 48.2 Å². The molecule has 172 valence electrons. The normalized spacial score (nSPS) is 17.8. The van der Waals surface area contributed by atoms with E-state index in [0.717, 1.165) is 42.1 Å². The van der Waals surface area contributed by atoms with Crippen molar-refractivity contribution in [2.45, 2.75) is 46.3 Å². The summed E-state index contributed by atoms with van der Waals surface area (Å²) in [6, 6.07) is 7.65. The molecule has 0 saturated carbocycles. The number of amides is 2. The molecule has 1 fully saturated rings. The summed E-state index contributed by atoms with van der Waals surface area (Å²) in [5.74, 6) is 1.33. The molecule has 0 aromatic carbocycles. The Morgan fingerprint density at radius 1 is 1.36 bits per heavy atom. The number of carbonyl (C=O) groups is 1. The lowest BCUT2D eigenvalue weighted by Gasteiger charge is -2.35. The van der Waals surface area contributed by atoms with Crippen LogP contribution in [0, 0.1) is 6.92 Å². The summed E-state index contributed by atoms with van der Waals surface area (Å²) in [7, 11) is 0. The number of fused-ring (bicyclic) bond motifs is 4. The summed E-state index contributed by atoms with van der Waals surface area (Å²) >= 11 is 0. The van der Waals surface area contributed by atoms with Gasteiger partial charge < -0.3 is 9.64 Å². The minimum Gasteiger partial charge on any atom is -0.478 e. The largest absolute Gasteiger partial charge is 0.478 e. The Hall–Kier alpha value is -3.75. The fraction of sp³-hybridized carbons (Fsp3) is 0.375. The van der Waals surface area contributed by atoms with Gasteiger partial charge in [0.2, 0.25) is 0 Å². The van der Waals surface area contributed by atoms with Crippen LogP contribution in [0.15, 0.2) is 52.5 Å². The van der Waals surface area contributed by atoms with E-state index in [1.165, 1.54) is 6.20 Å². The third-order valence-corrected chi connectivity index (χ3v) is 5.50. The molecule has 2 amide bonds. The zero-order chi connectivity index (χ0) is 23.5. The van der Waals surface area contributed by atoms with Crippen molar-refractivity contribution in [2.75, 3.05) is 22.9 Å². The fourth-order valence-electron chi connectivity index (χ4n) is 4.22. The first-order valence-corrected chi connectivity index (χ1v) is 11.0. The van der Waals surface area contributed by atoms with Crippen LogP contribution in [0.1, 0.15) is 32.9 Å². The quantitative estimate of drug-likeness (QED) is 0.554. The van der Waals surface area contributed by atoms with Gasteiger partial charge in [0.05, 0.1) is 29.7 Å². The van der Waals surface area contributed by atoms with Crippen LogP contribution in [0.25, 0.3) is 11.3 Å². The number of rotatable bonds is 5. The molecular weight excluding hydrogens is 418 g/mol. The summed E-state index contributed by atoms with van der Waals surface area (Å²) in [6.45, 7) is 12.6. The van der Waals surface area contributed by atoms with E-state index in [2.05, 4.69) is 31.9 Å². The molecule has 2 aromatic heterocycles. The summed E-state index contributed by atoms with van der Waals surface area (Å²) in [5.41, 5.74) is 3.61. The van der Waals surface area contributed by atoms with Gasteiger partial charge in [-0.3, -0.25) is 20.2 Å². The summed E-state index contributed by atoms with van der Waals surface area (Å²) in [4.78, 5) is 34.8. The smallest absolute Gasteiger partial charge is 0.329 e. The highest BCUT2D eigenvalue weighted by Crippen LogP contribution is 2.40. The van der Waals surface area contributed by atoms with Crippen molar-refractivity contribution in [1.29, 1.82) is 0 Å². The Bertz CT molecular complexity index is 1130. The van der Waals surface area contributed by atoms with Crippen molar-refractivity contribution in [2.24, 2.45) is 9.98 Å². The van der Waals surface area contributed by atoms with Gasteiger partial charge in [-0.05, 0) is 58.2 Å². The van der Waals surface area contributed by atoms with E-state index in [4.69, 9.17) is 9.72 Å². The second-order valence-corrected chi connectivity index (χ2v) is 8.41. The van der Waals surface area contributed by atoms with Crippen LogP contribution >= 0.6 is 0 Å². The van der Waals surface area contributed by atoms with E-state index in [1.54, 1.807) is 18.0 Å². The molecule has 9 nitrogen and oxygen atoms in total. The molecule has 0 aliphatic carbocycles. The number of hydrogen-bond donors (Lipinski definition) is 1. The second kappa shape index (κ2) is 9.40.